The van der Waals surface area contributed by atoms with Gasteiger partial charge in [0.05, 0.1) is 0 Å². The zero-order valence-electron chi connectivity index (χ0n) is 14.9. The Labute approximate surface area is 167 Å². The van der Waals surface area contributed by atoms with Gasteiger partial charge in [0.25, 0.3) is 0 Å². The standard InChI is InChI=1S/C21H18ClN5O/c22-15-9-11-16(12-10-15)27-19(25-20(23)26-21(27)24)14-5-4-8-18(13-14)28-17-6-2-1-3-7-17/h1-13,19H,(H4,23,24,25,26)/t19-/m0/s1. The van der Waals surface area contributed by atoms with Gasteiger partial charge in [-0.2, -0.15) is 4.99 Å². The molecule has 7 heteroatoms. The van der Waals surface area contributed by atoms with Crippen molar-refractivity contribution in [2.45, 2.75) is 6.17 Å². The molecule has 4 rings (SSSR count). The maximum Gasteiger partial charge on any atom is 0.221 e. The third-order valence-corrected chi connectivity index (χ3v) is 4.47. The number of hydrogen-bond acceptors (Lipinski definition) is 6. The fraction of sp³-hybridized carbons (Fsp3) is 0.0476. The Morgan fingerprint density at radius 3 is 2.32 bits per heavy atom. The van der Waals surface area contributed by atoms with Crippen molar-refractivity contribution in [1.82, 2.24) is 0 Å². The van der Waals surface area contributed by atoms with Crippen LogP contribution in [0.3, 0.4) is 0 Å². The van der Waals surface area contributed by atoms with Gasteiger partial charge in [0.2, 0.25) is 11.9 Å². The van der Waals surface area contributed by atoms with Gasteiger partial charge >= 0.3 is 0 Å². The lowest BCUT2D eigenvalue weighted by atomic mass is 10.1. The first-order valence-corrected chi connectivity index (χ1v) is 9.03. The highest BCUT2D eigenvalue weighted by Crippen LogP contribution is 2.33. The van der Waals surface area contributed by atoms with Gasteiger partial charge in [0.15, 0.2) is 6.17 Å². The summed E-state index contributed by atoms with van der Waals surface area (Å²) in [6.07, 6.45) is -0.474. The van der Waals surface area contributed by atoms with E-state index >= 15 is 0 Å². The molecule has 1 heterocycles. The highest BCUT2D eigenvalue weighted by molar-refractivity contribution is 6.30. The number of anilines is 1. The van der Waals surface area contributed by atoms with E-state index in [1.807, 2.05) is 66.7 Å². The maximum atomic E-state index is 6.18. The van der Waals surface area contributed by atoms with Gasteiger partial charge in [-0.3, -0.25) is 4.90 Å². The maximum absolute atomic E-state index is 6.18. The number of halogens is 1. The molecular formula is C21H18ClN5O. The minimum absolute atomic E-state index is 0.127. The molecule has 28 heavy (non-hydrogen) atoms. The molecule has 1 aliphatic heterocycles. The number of benzene rings is 3. The molecule has 4 N–H and O–H groups in total. The zero-order valence-corrected chi connectivity index (χ0v) is 15.6. The molecule has 0 saturated carbocycles. The van der Waals surface area contributed by atoms with E-state index in [2.05, 4.69) is 9.98 Å². The number of aliphatic imine (C=N–C) groups is 2. The fourth-order valence-electron chi connectivity index (χ4n) is 2.97. The number of hydrogen-bond donors (Lipinski definition) is 2. The van der Waals surface area contributed by atoms with Crippen molar-refractivity contribution in [3.63, 3.8) is 0 Å². The molecule has 0 fully saturated rings. The third kappa shape index (κ3) is 3.77. The van der Waals surface area contributed by atoms with E-state index in [-0.39, 0.29) is 11.9 Å². The van der Waals surface area contributed by atoms with Crippen LogP contribution in [0.4, 0.5) is 5.69 Å². The van der Waals surface area contributed by atoms with Gasteiger partial charge in [-0.25, -0.2) is 4.99 Å². The average molecular weight is 392 g/mol. The predicted molar refractivity (Wildman–Crippen MR) is 113 cm³/mol. The lowest BCUT2D eigenvalue weighted by molar-refractivity contribution is 0.481. The molecule has 3 aromatic carbocycles. The normalized spacial score (nSPS) is 16.3. The van der Waals surface area contributed by atoms with Gasteiger partial charge < -0.3 is 16.2 Å². The minimum atomic E-state index is -0.474. The SMILES string of the molecule is NC1=N[C@H](c2cccc(Oc3ccccc3)c2)N(c2ccc(Cl)cc2)C(N)=N1. The summed E-state index contributed by atoms with van der Waals surface area (Å²) in [4.78, 5) is 10.4. The Morgan fingerprint density at radius 1 is 0.857 bits per heavy atom. The van der Waals surface area contributed by atoms with E-state index in [1.54, 1.807) is 17.0 Å². The quantitative estimate of drug-likeness (QED) is 0.694. The van der Waals surface area contributed by atoms with Gasteiger partial charge in [-0.15, -0.1) is 0 Å². The van der Waals surface area contributed by atoms with Crippen molar-refractivity contribution >= 4 is 29.2 Å². The number of rotatable bonds is 4. The second-order valence-electron chi connectivity index (χ2n) is 6.16. The molecule has 0 aromatic heterocycles. The Hall–Kier alpha value is -3.51. The molecule has 0 bridgehead atoms. The monoisotopic (exact) mass is 391 g/mol. The summed E-state index contributed by atoms with van der Waals surface area (Å²) in [7, 11) is 0. The fourth-order valence-corrected chi connectivity index (χ4v) is 3.10. The van der Waals surface area contributed by atoms with E-state index in [4.69, 9.17) is 27.8 Å². The first kappa shape index (κ1) is 17.9. The number of guanidine groups is 2. The first-order chi connectivity index (χ1) is 13.6. The Morgan fingerprint density at radius 2 is 1.57 bits per heavy atom. The zero-order chi connectivity index (χ0) is 19.5. The molecule has 0 radical (unpaired) electrons. The molecule has 0 spiro atoms. The van der Waals surface area contributed by atoms with Crippen molar-refractivity contribution in [3.8, 4) is 11.5 Å². The Bertz CT molecular complexity index is 1030. The van der Waals surface area contributed by atoms with Crippen LogP contribution < -0.4 is 21.1 Å². The van der Waals surface area contributed by atoms with E-state index in [9.17, 15) is 0 Å². The van der Waals surface area contributed by atoms with Crippen LogP contribution in [0, 0.1) is 0 Å². The minimum Gasteiger partial charge on any atom is -0.457 e. The number of ether oxygens (including phenoxy) is 1. The van der Waals surface area contributed by atoms with Crippen LogP contribution in [0.2, 0.25) is 5.02 Å². The summed E-state index contributed by atoms with van der Waals surface area (Å²) in [6.45, 7) is 0. The van der Waals surface area contributed by atoms with E-state index in [0.717, 1.165) is 17.0 Å². The van der Waals surface area contributed by atoms with E-state index in [0.29, 0.717) is 10.8 Å². The van der Waals surface area contributed by atoms with Gasteiger partial charge in [0.1, 0.15) is 11.5 Å². The van der Waals surface area contributed by atoms with E-state index < -0.39 is 6.17 Å². The van der Waals surface area contributed by atoms with Crippen molar-refractivity contribution in [2.75, 3.05) is 4.90 Å². The summed E-state index contributed by atoms with van der Waals surface area (Å²) in [5, 5.41) is 0.633. The van der Waals surface area contributed by atoms with Crippen LogP contribution in [0.15, 0.2) is 88.8 Å². The molecule has 0 aliphatic carbocycles. The molecule has 140 valence electrons. The number of para-hydroxylation sites is 1. The molecule has 1 atom stereocenters. The largest absolute Gasteiger partial charge is 0.457 e. The second kappa shape index (κ2) is 7.62. The van der Waals surface area contributed by atoms with Crippen LogP contribution in [0.1, 0.15) is 11.7 Å². The average Bonchev–Trinajstić information content (AvgIpc) is 2.69. The van der Waals surface area contributed by atoms with Crippen molar-refractivity contribution < 1.29 is 4.74 Å². The summed E-state index contributed by atoms with van der Waals surface area (Å²) >= 11 is 6.02. The number of nitrogens with zero attached hydrogens (tertiary/aromatic N) is 3. The van der Waals surface area contributed by atoms with Crippen LogP contribution in [-0.2, 0) is 0 Å². The lowest BCUT2D eigenvalue weighted by Gasteiger charge is -2.32. The molecular weight excluding hydrogens is 374 g/mol. The smallest absolute Gasteiger partial charge is 0.221 e. The molecule has 1 aliphatic rings. The van der Waals surface area contributed by atoms with Crippen molar-refractivity contribution in [3.05, 3.63) is 89.4 Å². The van der Waals surface area contributed by atoms with Crippen LogP contribution in [-0.4, -0.2) is 11.9 Å². The second-order valence-corrected chi connectivity index (χ2v) is 6.60. The molecule has 0 unspecified atom stereocenters. The molecule has 6 nitrogen and oxygen atoms in total. The Balaban J connectivity index is 1.70. The summed E-state index contributed by atoms with van der Waals surface area (Å²) in [5.74, 6) is 1.83. The van der Waals surface area contributed by atoms with Crippen LogP contribution in [0.25, 0.3) is 0 Å². The van der Waals surface area contributed by atoms with Gasteiger partial charge in [-0.1, -0.05) is 41.9 Å². The molecule has 3 aromatic rings. The molecule has 0 saturated heterocycles. The highest BCUT2D eigenvalue weighted by Gasteiger charge is 2.27. The number of nitrogens with two attached hydrogens (primary N) is 2. The highest BCUT2D eigenvalue weighted by atomic mass is 35.5. The summed E-state index contributed by atoms with van der Waals surface area (Å²) < 4.78 is 5.94. The first-order valence-electron chi connectivity index (χ1n) is 8.65. The third-order valence-electron chi connectivity index (χ3n) is 4.21. The topological polar surface area (TPSA) is 89.2 Å². The van der Waals surface area contributed by atoms with Crippen molar-refractivity contribution in [1.29, 1.82) is 0 Å². The lowest BCUT2D eigenvalue weighted by Crippen LogP contribution is -2.44. The van der Waals surface area contributed by atoms with Crippen molar-refractivity contribution in [2.24, 2.45) is 21.5 Å². The summed E-state index contributed by atoms with van der Waals surface area (Å²) in [5.41, 5.74) is 13.7. The van der Waals surface area contributed by atoms with Gasteiger partial charge in [0, 0.05) is 16.3 Å². The Kier molecular flexibility index (Phi) is 4.87. The van der Waals surface area contributed by atoms with Crippen LogP contribution >= 0.6 is 11.6 Å². The predicted octanol–water partition coefficient (Wildman–Crippen LogP) is 4.28. The van der Waals surface area contributed by atoms with Crippen LogP contribution in [0.5, 0.6) is 11.5 Å². The summed E-state index contributed by atoms with van der Waals surface area (Å²) in [6, 6.07) is 24.5. The molecule has 0 amide bonds. The van der Waals surface area contributed by atoms with Gasteiger partial charge in [-0.05, 0) is 48.5 Å². The van der Waals surface area contributed by atoms with E-state index in [1.165, 1.54) is 0 Å².